The topological polar surface area (TPSA) is 49.9 Å². The molecule has 94 valence electrons. The number of para-hydroxylation sites is 1. The number of Topliss-reactive ketones (excluding diaryl/α,β-unsaturated/α-hetero) is 1. The summed E-state index contributed by atoms with van der Waals surface area (Å²) in [5.41, 5.74) is 2.04. The number of thioether (sulfide) groups is 1. The van der Waals surface area contributed by atoms with Crippen molar-refractivity contribution in [3.05, 3.63) is 39.5 Å². The first kappa shape index (κ1) is 12.9. The molecule has 1 aromatic heterocycles. The minimum atomic E-state index is -0.190. The molecule has 3 nitrogen and oxygen atoms in total. The standard InChI is InChI=1S/C14H15NO2S/c1-4-9-6-5-7-10-12(9)15-14(18-3)11(8(2)16)13(10)17/h5-7H,4H2,1-3H3,(H,15,17). The monoisotopic (exact) mass is 261 g/mol. The summed E-state index contributed by atoms with van der Waals surface area (Å²) in [6.07, 6.45) is 2.71. The van der Waals surface area contributed by atoms with Crippen molar-refractivity contribution in [1.82, 2.24) is 4.98 Å². The number of aromatic nitrogens is 1. The van der Waals surface area contributed by atoms with Crippen molar-refractivity contribution >= 4 is 28.4 Å². The molecule has 0 amide bonds. The van der Waals surface area contributed by atoms with Crippen LogP contribution in [-0.4, -0.2) is 17.0 Å². The van der Waals surface area contributed by atoms with Crippen molar-refractivity contribution in [2.75, 3.05) is 6.26 Å². The van der Waals surface area contributed by atoms with E-state index in [9.17, 15) is 9.59 Å². The second-order valence-electron chi connectivity index (χ2n) is 4.11. The van der Waals surface area contributed by atoms with Gasteiger partial charge in [-0.25, -0.2) is 0 Å². The van der Waals surface area contributed by atoms with Crippen molar-refractivity contribution in [3.8, 4) is 0 Å². The molecule has 4 heteroatoms. The first-order valence-electron chi connectivity index (χ1n) is 5.83. The number of H-pyrrole nitrogens is 1. The molecular weight excluding hydrogens is 246 g/mol. The summed E-state index contributed by atoms with van der Waals surface area (Å²) in [6, 6.07) is 5.62. The fourth-order valence-electron chi connectivity index (χ4n) is 2.12. The molecule has 1 heterocycles. The van der Waals surface area contributed by atoms with Crippen LogP contribution in [0.3, 0.4) is 0 Å². The summed E-state index contributed by atoms with van der Waals surface area (Å²) in [5, 5.41) is 1.25. The van der Waals surface area contributed by atoms with Crippen LogP contribution in [-0.2, 0) is 6.42 Å². The fraction of sp³-hybridized carbons (Fsp3) is 0.286. The first-order valence-corrected chi connectivity index (χ1v) is 7.05. The van der Waals surface area contributed by atoms with Gasteiger partial charge in [0.2, 0.25) is 5.43 Å². The Kier molecular flexibility index (Phi) is 3.57. The third kappa shape index (κ3) is 1.97. The van der Waals surface area contributed by atoms with Gasteiger partial charge in [0.1, 0.15) is 0 Å². The Balaban J connectivity index is 2.95. The SMILES string of the molecule is CCc1cccc2c(=O)c(C(C)=O)c(SC)[nH]c12. The molecule has 2 aromatic rings. The lowest BCUT2D eigenvalue weighted by atomic mass is 10.0. The Labute approximate surface area is 110 Å². The van der Waals surface area contributed by atoms with Crippen LogP contribution in [0.2, 0.25) is 0 Å². The van der Waals surface area contributed by atoms with Crippen LogP contribution in [0.4, 0.5) is 0 Å². The third-order valence-corrected chi connectivity index (χ3v) is 3.74. The zero-order valence-corrected chi connectivity index (χ0v) is 11.5. The number of nitrogens with one attached hydrogen (secondary N) is 1. The van der Waals surface area contributed by atoms with E-state index in [0.29, 0.717) is 10.4 Å². The average Bonchev–Trinajstić information content (AvgIpc) is 2.37. The molecule has 0 aliphatic heterocycles. The Hall–Kier alpha value is -1.55. The third-order valence-electron chi connectivity index (χ3n) is 3.03. The molecule has 0 aliphatic rings. The van der Waals surface area contributed by atoms with Gasteiger partial charge in [0.25, 0.3) is 0 Å². The molecule has 0 saturated carbocycles. The van der Waals surface area contributed by atoms with E-state index in [4.69, 9.17) is 0 Å². The van der Waals surface area contributed by atoms with Crippen LogP contribution in [0.15, 0.2) is 28.0 Å². The molecule has 0 bridgehead atoms. The molecule has 1 N–H and O–H groups in total. The van der Waals surface area contributed by atoms with E-state index >= 15 is 0 Å². The lowest BCUT2D eigenvalue weighted by molar-refractivity contribution is 0.101. The fourth-order valence-corrected chi connectivity index (χ4v) is 2.76. The number of carbonyl (C=O) groups is 1. The van der Waals surface area contributed by atoms with Crippen molar-refractivity contribution < 1.29 is 4.79 Å². The second kappa shape index (κ2) is 4.98. The zero-order chi connectivity index (χ0) is 13.3. The lowest BCUT2D eigenvalue weighted by Gasteiger charge is -2.09. The predicted molar refractivity (Wildman–Crippen MR) is 75.7 cm³/mol. The van der Waals surface area contributed by atoms with Gasteiger partial charge in [-0.15, -0.1) is 11.8 Å². The van der Waals surface area contributed by atoms with Crippen molar-refractivity contribution in [2.45, 2.75) is 25.3 Å². The van der Waals surface area contributed by atoms with Gasteiger partial charge in [0, 0.05) is 5.39 Å². The minimum absolute atomic E-state index is 0.170. The lowest BCUT2D eigenvalue weighted by Crippen LogP contribution is -2.16. The smallest absolute Gasteiger partial charge is 0.201 e. The number of benzene rings is 1. The average molecular weight is 261 g/mol. The predicted octanol–water partition coefficient (Wildman–Crippen LogP) is 3.02. The molecule has 18 heavy (non-hydrogen) atoms. The first-order chi connectivity index (χ1) is 8.60. The molecule has 0 radical (unpaired) electrons. The molecule has 0 fully saturated rings. The van der Waals surface area contributed by atoms with Crippen LogP contribution < -0.4 is 5.43 Å². The van der Waals surface area contributed by atoms with Gasteiger partial charge < -0.3 is 4.98 Å². The molecule has 0 atom stereocenters. The van der Waals surface area contributed by atoms with E-state index in [1.807, 2.05) is 25.3 Å². The number of ketones is 1. The van der Waals surface area contributed by atoms with Gasteiger partial charge in [-0.2, -0.15) is 0 Å². The number of rotatable bonds is 3. The number of aromatic amines is 1. The van der Waals surface area contributed by atoms with Crippen LogP contribution in [0, 0.1) is 0 Å². The Morgan fingerprint density at radius 1 is 1.39 bits per heavy atom. The number of carbonyl (C=O) groups excluding carboxylic acids is 1. The van der Waals surface area contributed by atoms with E-state index in [2.05, 4.69) is 4.98 Å². The second-order valence-corrected chi connectivity index (χ2v) is 4.93. The molecule has 1 aromatic carbocycles. The quantitative estimate of drug-likeness (QED) is 0.682. The molecular formula is C14H15NO2S. The molecule has 2 rings (SSSR count). The zero-order valence-electron chi connectivity index (χ0n) is 10.7. The van der Waals surface area contributed by atoms with Crippen molar-refractivity contribution in [1.29, 1.82) is 0 Å². The van der Waals surface area contributed by atoms with Crippen molar-refractivity contribution in [2.24, 2.45) is 0 Å². The van der Waals surface area contributed by atoms with Gasteiger partial charge in [-0.1, -0.05) is 19.1 Å². The molecule has 0 unspecified atom stereocenters. The Morgan fingerprint density at radius 3 is 2.67 bits per heavy atom. The van der Waals surface area contributed by atoms with Crippen LogP contribution in [0.1, 0.15) is 29.8 Å². The summed E-state index contributed by atoms with van der Waals surface area (Å²) >= 11 is 1.40. The van der Waals surface area contributed by atoms with Crippen LogP contribution >= 0.6 is 11.8 Å². The number of hydrogen-bond donors (Lipinski definition) is 1. The van der Waals surface area contributed by atoms with Crippen LogP contribution in [0.5, 0.6) is 0 Å². The summed E-state index contributed by atoms with van der Waals surface area (Å²) in [6.45, 7) is 3.48. The molecule has 0 saturated heterocycles. The summed E-state index contributed by atoms with van der Waals surface area (Å²) < 4.78 is 0. The largest absolute Gasteiger partial charge is 0.349 e. The van der Waals surface area contributed by atoms with E-state index in [0.717, 1.165) is 17.5 Å². The number of hydrogen-bond acceptors (Lipinski definition) is 3. The van der Waals surface area contributed by atoms with Gasteiger partial charge in [0.15, 0.2) is 5.78 Å². The summed E-state index contributed by atoms with van der Waals surface area (Å²) in [7, 11) is 0. The maximum absolute atomic E-state index is 12.4. The van der Waals surface area contributed by atoms with Gasteiger partial charge in [0.05, 0.1) is 16.1 Å². The summed E-state index contributed by atoms with van der Waals surface area (Å²) in [4.78, 5) is 27.2. The maximum Gasteiger partial charge on any atom is 0.201 e. The summed E-state index contributed by atoms with van der Waals surface area (Å²) in [5.74, 6) is -0.190. The molecule has 0 spiro atoms. The molecule has 0 aliphatic carbocycles. The van der Waals surface area contributed by atoms with Gasteiger partial charge in [-0.05, 0) is 31.2 Å². The highest BCUT2D eigenvalue weighted by Gasteiger charge is 2.16. The Bertz CT molecular complexity index is 673. The highest BCUT2D eigenvalue weighted by atomic mass is 32.2. The number of aryl methyl sites for hydroxylation is 1. The van der Waals surface area contributed by atoms with E-state index in [1.165, 1.54) is 18.7 Å². The number of fused-ring (bicyclic) bond motifs is 1. The van der Waals surface area contributed by atoms with E-state index in [1.54, 1.807) is 6.07 Å². The minimum Gasteiger partial charge on any atom is -0.349 e. The van der Waals surface area contributed by atoms with Crippen molar-refractivity contribution in [3.63, 3.8) is 0 Å². The normalized spacial score (nSPS) is 10.8. The van der Waals surface area contributed by atoms with Gasteiger partial charge >= 0.3 is 0 Å². The van der Waals surface area contributed by atoms with Gasteiger partial charge in [-0.3, -0.25) is 9.59 Å². The number of pyridine rings is 1. The maximum atomic E-state index is 12.4. The van der Waals surface area contributed by atoms with Crippen LogP contribution in [0.25, 0.3) is 10.9 Å². The highest BCUT2D eigenvalue weighted by molar-refractivity contribution is 7.98. The van der Waals surface area contributed by atoms with E-state index in [-0.39, 0.29) is 16.8 Å². The Morgan fingerprint density at radius 2 is 2.11 bits per heavy atom. The highest BCUT2D eigenvalue weighted by Crippen LogP contribution is 2.22. The van der Waals surface area contributed by atoms with E-state index < -0.39 is 0 Å².